The smallest absolute Gasteiger partial charge is 0.253 e. The number of hydrogen-bond donors (Lipinski definition) is 1. The average Bonchev–Trinajstić information content (AvgIpc) is 3.57. The average molecular weight is 448 g/mol. The molecule has 2 heterocycles. The highest BCUT2D eigenvalue weighted by Gasteiger charge is 2.30. The molecule has 2 fully saturated rings. The molecule has 1 aliphatic carbocycles. The van der Waals surface area contributed by atoms with E-state index in [4.69, 9.17) is 4.52 Å². The molecule has 0 spiro atoms. The van der Waals surface area contributed by atoms with Gasteiger partial charge in [0.2, 0.25) is 17.6 Å². The number of carbonyl (C=O) groups is 2. The van der Waals surface area contributed by atoms with Crippen molar-refractivity contribution >= 4 is 17.5 Å². The summed E-state index contributed by atoms with van der Waals surface area (Å²) in [5.41, 5.74) is 2.38. The molecule has 1 saturated heterocycles. The minimum absolute atomic E-state index is 0.0622. The molecule has 0 unspecified atom stereocenters. The predicted octanol–water partition coefficient (Wildman–Crippen LogP) is 4.55. The summed E-state index contributed by atoms with van der Waals surface area (Å²) in [7, 11) is 0. The summed E-state index contributed by atoms with van der Waals surface area (Å²) in [6, 6.07) is 11.9. The molecule has 2 aliphatic rings. The van der Waals surface area contributed by atoms with Crippen LogP contribution in [0.1, 0.15) is 53.4 Å². The summed E-state index contributed by atoms with van der Waals surface area (Å²) in [4.78, 5) is 31.7. The Bertz CT molecular complexity index is 1180. The lowest BCUT2D eigenvalue weighted by molar-refractivity contribution is -0.121. The molecular formula is C25H25FN4O3. The first-order chi connectivity index (χ1) is 16.0. The molecule has 2 aromatic carbocycles. The van der Waals surface area contributed by atoms with Gasteiger partial charge >= 0.3 is 0 Å². The Morgan fingerprint density at radius 3 is 2.45 bits per heavy atom. The van der Waals surface area contributed by atoms with Crippen LogP contribution >= 0.6 is 0 Å². The Morgan fingerprint density at radius 2 is 1.79 bits per heavy atom. The van der Waals surface area contributed by atoms with Gasteiger partial charge in [0.05, 0.1) is 0 Å². The van der Waals surface area contributed by atoms with E-state index in [1.54, 1.807) is 36.1 Å². The molecule has 8 heteroatoms. The highest BCUT2D eigenvalue weighted by Crippen LogP contribution is 2.39. The summed E-state index contributed by atoms with van der Waals surface area (Å²) >= 11 is 0. The monoisotopic (exact) mass is 448 g/mol. The van der Waals surface area contributed by atoms with Gasteiger partial charge in [0.25, 0.3) is 5.91 Å². The van der Waals surface area contributed by atoms with Crippen LogP contribution in [-0.4, -0.2) is 39.9 Å². The number of halogens is 1. The quantitative estimate of drug-likeness (QED) is 0.619. The van der Waals surface area contributed by atoms with E-state index in [0.717, 1.165) is 18.4 Å². The van der Waals surface area contributed by atoms with Crippen LogP contribution < -0.4 is 5.32 Å². The highest BCUT2D eigenvalue weighted by molar-refractivity contribution is 5.95. The predicted molar refractivity (Wildman–Crippen MR) is 120 cm³/mol. The second-order valence-corrected chi connectivity index (χ2v) is 8.83. The van der Waals surface area contributed by atoms with Gasteiger partial charge in [-0.15, -0.1) is 0 Å². The third-order valence-electron chi connectivity index (χ3n) is 6.35. The number of aromatic nitrogens is 2. The zero-order valence-electron chi connectivity index (χ0n) is 18.4. The maximum atomic E-state index is 13.7. The van der Waals surface area contributed by atoms with Gasteiger partial charge in [0, 0.05) is 41.7 Å². The number of likely N-dealkylation sites (tertiary alicyclic amines) is 1. The lowest BCUT2D eigenvalue weighted by Crippen LogP contribution is -2.41. The molecule has 7 nitrogen and oxygen atoms in total. The molecule has 33 heavy (non-hydrogen) atoms. The number of amides is 2. The van der Waals surface area contributed by atoms with Gasteiger partial charge in [-0.3, -0.25) is 9.59 Å². The highest BCUT2D eigenvalue weighted by atomic mass is 19.1. The van der Waals surface area contributed by atoms with E-state index in [0.29, 0.717) is 60.4 Å². The number of carbonyl (C=O) groups excluding carboxylic acids is 2. The summed E-state index contributed by atoms with van der Waals surface area (Å²) in [6.07, 6.45) is 3.32. The van der Waals surface area contributed by atoms with Gasteiger partial charge in [-0.1, -0.05) is 23.4 Å². The maximum Gasteiger partial charge on any atom is 0.253 e. The van der Waals surface area contributed by atoms with Gasteiger partial charge < -0.3 is 14.7 Å². The SMILES string of the molecule is Cc1ccc(NC(=O)C2CCN(C(=O)c3ccc(-c4noc(C5CC5)n4)cc3)CC2)cc1F. The topological polar surface area (TPSA) is 88.3 Å². The molecule has 170 valence electrons. The number of benzene rings is 2. The Labute approximate surface area is 191 Å². The van der Waals surface area contributed by atoms with Crippen molar-refractivity contribution in [2.45, 2.75) is 38.5 Å². The minimum Gasteiger partial charge on any atom is -0.339 e. The van der Waals surface area contributed by atoms with Gasteiger partial charge in [-0.05, 0) is 62.4 Å². The van der Waals surface area contributed by atoms with Crippen LogP contribution in [0.15, 0.2) is 47.0 Å². The molecule has 1 aliphatic heterocycles. The van der Waals surface area contributed by atoms with Crippen LogP contribution in [0.2, 0.25) is 0 Å². The molecule has 5 rings (SSSR count). The summed E-state index contributed by atoms with van der Waals surface area (Å²) < 4.78 is 19.0. The zero-order chi connectivity index (χ0) is 22.9. The fourth-order valence-corrected chi connectivity index (χ4v) is 4.05. The first kappa shape index (κ1) is 21.3. The van der Waals surface area contributed by atoms with Crippen LogP contribution in [-0.2, 0) is 4.79 Å². The second kappa shape index (κ2) is 8.77. The van der Waals surface area contributed by atoms with Crippen LogP contribution in [0, 0.1) is 18.7 Å². The molecule has 1 N–H and O–H groups in total. The standard InChI is InChI=1S/C25H25FN4O3/c1-15-2-9-20(14-21(15)26)27-23(31)17-10-12-30(13-11-17)25(32)19-7-3-16(4-8-19)22-28-24(33-29-22)18-5-6-18/h2-4,7-9,14,17-18H,5-6,10-13H2,1H3,(H,27,31). The first-order valence-electron chi connectivity index (χ1n) is 11.3. The number of piperidine rings is 1. The van der Waals surface area contributed by atoms with Crippen LogP contribution in [0.25, 0.3) is 11.4 Å². The molecule has 1 aromatic heterocycles. The molecule has 3 aromatic rings. The van der Waals surface area contributed by atoms with E-state index < -0.39 is 0 Å². The van der Waals surface area contributed by atoms with Gasteiger partial charge in [0.1, 0.15) is 5.82 Å². The third-order valence-corrected chi connectivity index (χ3v) is 6.35. The van der Waals surface area contributed by atoms with E-state index in [-0.39, 0.29) is 23.5 Å². The normalized spacial score (nSPS) is 16.6. The van der Waals surface area contributed by atoms with Crippen molar-refractivity contribution in [3.8, 4) is 11.4 Å². The van der Waals surface area contributed by atoms with Crippen LogP contribution in [0.3, 0.4) is 0 Å². The number of nitrogens with zero attached hydrogens (tertiary/aromatic N) is 3. The van der Waals surface area contributed by atoms with Crippen molar-refractivity contribution in [2.24, 2.45) is 5.92 Å². The second-order valence-electron chi connectivity index (χ2n) is 8.83. The van der Waals surface area contributed by atoms with Crippen molar-refractivity contribution in [3.05, 3.63) is 65.3 Å². The van der Waals surface area contributed by atoms with Crippen molar-refractivity contribution in [2.75, 3.05) is 18.4 Å². The summed E-state index contributed by atoms with van der Waals surface area (Å²) in [5.74, 6) is 0.866. The van der Waals surface area contributed by atoms with Gasteiger partial charge in [0.15, 0.2) is 0 Å². The number of hydrogen-bond acceptors (Lipinski definition) is 5. The lowest BCUT2D eigenvalue weighted by atomic mass is 9.95. The van der Waals surface area contributed by atoms with E-state index in [1.165, 1.54) is 6.07 Å². The van der Waals surface area contributed by atoms with E-state index >= 15 is 0 Å². The fraction of sp³-hybridized carbons (Fsp3) is 0.360. The fourth-order valence-electron chi connectivity index (χ4n) is 4.05. The van der Waals surface area contributed by atoms with Gasteiger partial charge in [-0.2, -0.15) is 4.98 Å². The van der Waals surface area contributed by atoms with E-state index in [1.807, 2.05) is 12.1 Å². The van der Waals surface area contributed by atoms with Crippen molar-refractivity contribution in [1.29, 1.82) is 0 Å². The Morgan fingerprint density at radius 1 is 1.06 bits per heavy atom. The third kappa shape index (κ3) is 4.65. The number of nitrogens with one attached hydrogen (secondary N) is 1. The summed E-state index contributed by atoms with van der Waals surface area (Å²) in [5, 5.41) is 6.82. The zero-order valence-corrected chi connectivity index (χ0v) is 18.4. The molecule has 0 radical (unpaired) electrons. The molecule has 0 atom stereocenters. The molecule has 0 bridgehead atoms. The summed E-state index contributed by atoms with van der Waals surface area (Å²) in [6.45, 7) is 2.67. The lowest BCUT2D eigenvalue weighted by Gasteiger charge is -2.31. The number of aryl methyl sites for hydroxylation is 1. The number of anilines is 1. The molecule has 1 saturated carbocycles. The van der Waals surface area contributed by atoms with Crippen molar-refractivity contribution in [3.63, 3.8) is 0 Å². The first-order valence-corrected chi connectivity index (χ1v) is 11.3. The van der Waals surface area contributed by atoms with Gasteiger partial charge in [-0.25, -0.2) is 4.39 Å². The number of rotatable bonds is 5. The van der Waals surface area contributed by atoms with E-state index in [9.17, 15) is 14.0 Å². The van der Waals surface area contributed by atoms with Crippen LogP contribution in [0.5, 0.6) is 0 Å². The molecule has 2 amide bonds. The van der Waals surface area contributed by atoms with Crippen LogP contribution in [0.4, 0.5) is 10.1 Å². The van der Waals surface area contributed by atoms with Crippen molar-refractivity contribution in [1.82, 2.24) is 15.0 Å². The Hall–Kier alpha value is -3.55. The Balaban J connectivity index is 1.16. The van der Waals surface area contributed by atoms with Crippen molar-refractivity contribution < 1.29 is 18.5 Å². The largest absolute Gasteiger partial charge is 0.339 e. The molecular weight excluding hydrogens is 423 g/mol. The maximum absolute atomic E-state index is 13.7. The Kier molecular flexibility index (Phi) is 5.66. The minimum atomic E-state index is -0.345. The van der Waals surface area contributed by atoms with E-state index in [2.05, 4.69) is 15.5 Å².